The Morgan fingerprint density at radius 3 is 2.44 bits per heavy atom. The van der Waals surface area contributed by atoms with Gasteiger partial charge in [-0.3, -0.25) is 14.5 Å². The lowest BCUT2D eigenvalue weighted by Crippen LogP contribution is -2.49. The summed E-state index contributed by atoms with van der Waals surface area (Å²) in [5.41, 5.74) is 1.12. The van der Waals surface area contributed by atoms with Gasteiger partial charge in [0.05, 0.1) is 25.8 Å². The molecule has 2 rings (SSSR count). The van der Waals surface area contributed by atoms with Crippen molar-refractivity contribution in [2.75, 3.05) is 26.7 Å². The number of nitrogens with zero attached hydrogens (tertiary/aromatic N) is 1. The van der Waals surface area contributed by atoms with Crippen molar-refractivity contribution in [1.29, 1.82) is 0 Å². The summed E-state index contributed by atoms with van der Waals surface area (Å²) in [5, 5.41) is 10.3. The Morgan fingerprint density at radius 2 is 1.81 bits per heavy atom. The summed E-state index contributed by atoms with van der Waals surface area (Å²) in [6.07, 6.45) is 1.17. The fourth-order valence-electron chi connectivity index (χ4n) is 2.65. The average molecular weight is 442 g/mol. The molecule has 1 aliphatic rings. The van der Waals surface area contributed by atoms with Crippen LogP contribution in [0.1, 0.15) is 24.8 Å². The lowest BCUT2D eigenvalue weighted by atomic mass is 9.79. The molecule has 7 nitrogen and oxygen atoms in total. The topological polar surface area (TPSA) is 85.3 Å². The lowest BCUT2D eigenvalue weighted by Gasteiger charge is -2.26. The van der Waals surface area contributed by atoms with E-state index in [1.54, 1.807) is 7.05 Å². The summed E-state index contributed by atoms with van der Waals surface area (Å²) in [7, 11) is 0.492. The Bertz CT molecular complexity index is 585. The summed E-state index contributed by atoms with van der Waals surface area (Å²) in [5.74, 6) is -0.998. The van der Waals surface area contributed by atoms with Crippen molar-refractivity contribution in [1.82, 2.24) is 4.90 Å². The number of halogens is 1. The largest absolute Gasteiger partial charge is 0.615 e. The summed E-state index contributed by atoms with van der Waals surface area (Å²) in [4.78, 5) is 25.0. The van der Waals surface area contributed by atoms with Gasteiger partial charge in [-0.2, -0.15) is 0 Å². The number of likely N-dealkylation sites (N-methyl/N-ethyl adjacent to an activating group) is 1. The van der Waals surface area contributed by atoms with Gasteiger partial charge >= 0.3 is 19.1 Å². The number of ether oxygens (including phenoxy) is 1. The van der Waals surface area contributed by atoms with E-state index in [2.05, 4.69) is 15.9 Å². The fourth-order valence-corrected chi connectivity index (χ4v) is 3.13. The van der Waals surface area contributed by atoms with Gasteiger partial charge in [0, 0.05) is 6.61 Å². The van der Waals surface area contributed by atoms with Crippen molar-refractivity contribution in [3.05, 3.63) is 35.9 Å². The zero-order chi connectivity index (χ0) is 19.6. The minimum absolute atomic E-state index is 0.000167. The van der Waals surface area contributed by atoms with Crippen LogP contribution >= 0.6 is 15.9 Å². The van der Waals surface area contributed by atoms with Gasteiger partial charge in [0.25, 0.3) is 0 Å². The number of hydrogen-bond donors (Lipinski definition) is 1. The van der Waals surface area contributed by atoms with Crippen LogP contribution in [0.2, 0.25) is 0 Å². The molecule has 1 heterocycles. The van der Waals surface area contributed by atoms with Gasteiger partial charge in [0.2, 0.25) is 0 Å². The quantitative estimate of drug-likeness (QED) is 0.353. The molecule has 1 aromatic rings. The van der Waals surface area contributed by atoms with Crippen LogP contribution in [0.25, 0.3) is 0 Å². The van der Waals surface area contributed by atoms with E-state index in [0.717, 1.165) is 18.4 Å². The molecule has 0 radical (unpaired) electrons. The number of rotatable bonds is 9. The number of carbonyl (C=O) groups is 2. The fraction of sp³-hybridized carbons (Fsp3) is 0.556. The highest BCUT2D eigenvalue weighted by Gasteiger charge is 2.41. The van der Waals surface area contributed by atoms with Crippen LogP contribution in [0.15, 0.2) is 30.3 Å². The molecule has 0 spiro atoms. The van der Waals surface area contributed by atoms with Gasteiger partial charge in [0.1, 0.15) is 4.73 Å². The van der Waals surface area contributed by atoms with E-state index in [0.29, 0.717) is 19.6 Å². The number of alkyl halides is 1. The van der Waals surface area contributed by atoms with E-state index in [-0.39, 0.29) is 13.1 Å². The third-order valence-corrected chi connectivity index (χ3v) is 5.11. The molecular formula is C18H25BBrNO6. The normalized spacial score (nSPS) is 18.3. The molecule has 0 amide bonds. The summed E-state index contributed by atoms with van der Waals surface area (Å²) < 4.78 is 15.2. The Hall–Kier alpha value is -1.42. The second kappa shape index (κ2) is 11.4. The van der Waals surface area contributed by atoms with Crippen LogP contribution in [-0.2, 0) is 30.2 Å². The zero-order valence-electron chi connectivity index (χ0n) is 15.4. The van der Waals surface area contributed by atoms with E-state index in [9.17, 15) is 14.7 Å². The number of aliphatic hydroxyl groups excluding tert-OH is 1. The molecule has 2 atom stereocenters. The van der Waals surface area contributed by atoms with E-state index < -0.39 is 29.9 Å². The molecule has 148 valence electrons. The van der Waals surface area contributed by atoms with Crippen molar-refractivity contribution >= 4 is 35.0 Å². The maximum absolute atomic E-state index is 11.8. The third-order valence-electron chi connectivity index (χ3n) is 4.07. The van der Waals surface area contributed by atoms with Gasteiger partial charge in [-0.25, -0.2) is 0 Å². The Kier molecular flexibility index (Phi) is 9.27. The van der Waals surface area contributed by atoms with Crippen molar-refractivity contribution in [2.24, 2.45) is 0 Å². The predicted octanol–water partition coefficient (Wildman–Crippen LogP) is 1.56. The second-order valence-electron chi connectivity index (χ2n) is 6.57. The molecule has 1 fully saturated rings. The van der Waals surface area contributed by atoms with E-state index in [4.69, 9.17) is 14.0 Å². The van der Waals surface area contributed by atoms with E-state index in [1.165, 1.54) is 4.90 Å². The molecule has 1 saturated heterocycles. The van der Waals surface area contributed by atoms with Crippen LogP contribution in [0.5, 0.6) is 0 Å². The van der Waals surface area contributed by atoms with Crippen LogP contribution in [0.3, 0.4) is 0 Å². The molecule has 9 heteroatoms. The molecule has 27 heavy (non-hydrogen) atoms. The molecular weight excluding hydrogens is 417 g/mol. The maximum Gasteiger partial charge on any atom is 0.615 e. The number of carbonyl (C=O) groups excluding carboxylic acids is 2. The highest BCUT2D eigenvalue weighted by molar-refractivity contribution is 9.10. The highest BCUT2D eigenvalue weighted by atomic mass is 79.9. The van der Waals surface area contributed by atoms with Crippen LogP contribution < -0.4 is 0 Å². The SMILES string of the molecule is CN1CC(=O)OB([C@@H](Br)[C@@H](O)CCCCOCc2ccccc2)OC(=O)C1. The van der Waals surface area contributed by atoms with Gasteiger partial charge in [0.15, 0.2) is 0 Å². The zero-order valence-corrected chi connectivity index (χ0v) is 17.0. The monoisotopic (exact) mass is 441 g/mol. The van der Waals surface area contributed by atoms with Crippen LogP contribution in [0.4, 0.5) is 0 Å². The first-order valence-electron chi connectivity index (χ1n) is 8.97. The molecule has 0 bridgehead atoms. The average Bonchev–Trinajstić information content (AvgIpc) is 2.62. The number of aliphatic hydroxyl groups is 1. The molecule has 1 aromatic carbocycles. The standard InChI is InChI=1S/C18H25BBrNO6/c1-21-11-16(23)26-19(27-17(24)12-21)18(20)15(22)9-5-6-10-25-13-14-7-3-2-4-8-14/h2-4,7-8,15,18,22H,5-6,9-13H2,1H3/t15-,18-/m0/s1. The summed E-state index contributed by atoms with van der Waals surface area (Å²) in [6.45, 7) is 1.15. The van der Waals surface area contributed by atoms with Gasteiger partial charge < -0.3 is 19.2 Å². The number of unbranched alkanes of at least 4 members (excludes halogenated alkanes) is 1. The second-order valence-corrected chi connectivity index (χ2v) is 7.62. The van der Waals surface area contributed by atoms with Crippen molar-refractivity contribution in [3.63, 3.8) is 0 Å². The minimum atomic E-state index is -1.14. The van der Waals surface area contributed by atoms with E-state index in [1.807, 2.05) is 30.3 Å². The lowest BCUT2D eigenvalue weighted by molar-refractivity contribution is -0.145. The third kappa shape index (κ3) is 8.00. The minimum Gasteiger partial charge on any atom is -0.497 e. The molecule has 0 saturated carbocycles. The molecule has 0 unspecified atom stereocenters. The molecule has 0 aliphatic carbocycles. The first kappa shape index (κ1) is 21.9. The smallest absolute Gasteiger partial charge is 0.497 e. The van der Waals surface area contributed by atoms with Gasteiger partial charge in [-0.15, -0.1) is 0 Å². The Labute approximate surface area is 168 Å². The molecule has 0 aromatic heterocycles. The predicted molar refractivity (Wildman–Crippen MR) is 104 cm³/mol. The van der Waals surface area contributed by atoms with E-state index >= 15 is 0 Å². The first-order chi connectivity index (χ1) is 13.0. The summed E-state index contributed by atoms with van der Waals surface area (Å²) in [6, 6.07) is 9.92. The van der Waals surface area contributed by atoms with Crippen molar-refractivity contribution < 1.29 is 28.7 Å². The van der Waals surface area contributed by atoms with Crippen molar-refractivity contribution in [2.45, 2.75) is 36.7 Å². The summed E-state index contributed by atoms with van der Waals surface area (Å²) >= 11 is 3.30. The van der Waals surface area contributed by atoms with Gasteiger partial charge in [-0.05, 0) is 31.9 Å². The molecule has 1 N–H and O–H groups in total. The number of benzene rings is 1. The Balaban J connectivity index is 1.67. The van der Waals surface area contributed by atoms with Crippen LogP contribution in [-0.4, -0.2) is 66.6 Å². The Morgan fingerprint density at radius 1 is 1.19 bits per heavy atom. The molecule has 1 aliphatic heterocycles. The van der Waals surface area contributed by atoms with Crippen molar-refractivity contribution in [3.8, 4) is 0 Å². The highest BCUT2D eigenvalue weighted by Crippen LogP contribution is 2.18. The van der Waals surface area contributed by atoms with Crippen LogP contribution in [0, 0.1) is 0 Å². The first-order valence-corrected chi connectivity index (χ1v) is 9.88. The number of hydrogen-bond acceptors (Lipinski definition) is 7. The maximum atomic E-state index is 11.8. The van der Waals surface area contributed by atoms with Gasteiger partial charge in [-0.1, -0.05) is 46.3 Å².